The fraction of sp³-hybridized carbons (Fsp3) is 0.296. The minimum Gasteiger partial charge on any atom is -0.475 e. The van der Waals surface area contributed by atoms with Gasteiger partial charge in [-0.1, -0.05) is 24.3 Å². The van der Waals surface area contributed by atoms with Gasteiger partial charge in [0.2, 0.25) is 5.88 Å². The summed E-state index contributed by atoms with van der Waals surface area (Å²) in [6.07, 6.45) is 0.214. The van der Waals surface area contributed by atoms with E-state index in [1.807, 2.05) is 35.2 Å². The fourth-order valence-corrected chi connectivity index (χ4v) is 4.32. The average molecular weight is 499 g/mol. The molecular formula is C27H27F3N3O3+. The predicted molar refractivity (Wildman–Crippen MR) is 127 cm³/mol. The van der Waals surface area contributed by atoms with Crippen LogP contribution in [0.25, 0.3) is 0 Å². The number of nitrogens with one attached hydrogen (secondary N) is 1. The Morgan fingerprint density at radius 2 is 1.83 bits per heavy atom. The number of carbonyl (C=O) groups excluding carboxylic acids is 1. The molecule has 0 spiro atoms. The summed E-state index contributed by atoms with van der Waals surface area (Å²) in [5.41, 5.74) is 0.471. The molecule has 1 aliphatic rings. The van der Waals surface area contributed by atoms with Crippen molar-refractivity contribution in [3.8, 4) is 5.88 Å². The number of carbonyl (C=O) groups is 1. The van der Waals surface area contributed by atoms with Crippen LogP contribution in [0.4, 0.5) is 18.9 Å². The van der Waals surface area contributed by atoms with Crippen LogP contribution in [0.5, 0.6) is 5.88 Å². The number of rotatable bonds is 7. The lowest BCUT2D eigenvalue weighted by Crippen LogP contribution is -2.38. The molecule has 3 heterocycles. The van der Waals surface area contributed by atoms with Crippen LogP contribution in [-0.2, 0) is 22.3 Å². The number of halogens is 3. The summed E-state index contributed by atoms with van der Waals surface area (Å²) in [4.78, 5) is 17.7. The normalized spacial score (nSPS) is 15.4. The number of hydrogen-bond acceptors (Lipinski definition) is 5. The summed E-state index contributed by atoms with van der Waals surface area (Å²) in [5.74, 6) is -1.67. The fourth-order valence-electron chi connectivity index (χ4n) is 4.32. The van der Waals surface area contributed by atoms with Crippen LogP contribution in [0, 0.1) is 0 Å². The van der Waals surface area contributed by atoms with Gasteiger partial charge in [-0.15, -0.1) is 0 Å². The summed E-state index contributed by atoms with van der Waals surface area (Å²) in [7, 11) is 0. The Morgan fingerprint density at radius 3 is 2.50 bits per heavy atom. The molecule has 4 rings (SSSR count). The zero-order valence-electron chi connectivity index (χ0n) is 20.2. The van der Waals surface area contributed by atoms with Crippen molar-refractivity contribution in [1.82, 2.24) is 4.98 Å². The molecule has 0 saturated heterocycles. The molecule has 0 saturated carbocycles. The highest BCUT2D eigenvalue weighted by Crippen LogP contribution is 2.49. The van der Waals surface area contributed by atoms with E-state index in [9.17, 15) is 18.0 Å². The number of nitrogens with zero attached hydrogens (tertiary/aromatic N) is 2. The lowest BCUT2D eigenvalue weighted by atomic mass is 9.79. The molecular weight excluding hydrogens is 471 g/mol. The SMILES string of the molecule is CCOC(=O)C1=C(C[n+]2ccccc2)Nc2ccnc(OC(C)C)c2C1c1ccccc1C(F)(F)F. The minimum atomic E-state index is -4.64. The van der Waals surface area contributed by atoms with Gasteiger partial charge in [-0.3, -0.25) is 0 Å². The molecule has 1 atom stereocenters. The van der Waals surface area contributed by atoms with E-state index in [0.29, 0.717) is 16.9 Å². The number of hydrogen-bond donors (Lipinski definition) is 1. The van der Waals surface area contributed by atoms with Crippen LogP contribution < -0.4 is 14.6 Å². The molecule has 1 aromatic carbocycles. The Labute approximate surface area is 207 Å². The molecule has 188 valence electrons. The molecule has 1 N–H and O–H groups in total. The van der Waals surface area contributed by atoms with Crippen molar-refractivity contribution in [3.05, 3.63) is 95.1 Å². The number of pyridine rings is 2. The first-order valence-corrected chi connectivity index (χ1v) is 11.6. The zero-order chi connectivity index (χ0) is 25.9. The molecule has 0 radical (unpaired) electrons. The molecule has 36 heavy (non-hydrogen) atoms. The van der Waals surface area contributed by atoms with E-state index in [0.717, 1.165) is 6.07 Å². The molecule has 0 amide bonds. The third kappa shape index (κ3) is 5.19. The number of benzene rings is 1. The second-order valence-electron chi connectivity index (χ2n) is 8.55. The highest BCUT2D eigenvalue weighted by atomic mass is 19.4. The Hall–Kier alpha value is -3.88. The third-order valence-corrected chi connectivity index (χ3v) is 5.68. The number of alkyl halides is 3. The number of anilines is 1. The second-order valence-corrected chi connectivity index (χ2v) is 8.55. The number of fused-ring (bicyclic) bond motifs is 1. The van der Waals surface area contributed by atoms with Crippen molar-refractivity contribution in [1.29, 1.82) is 0 Å². The predicted octanol–water partition coefficient (Wildman–Crippen LogP) is 5.25. The minimum absolute atomic E-state index is 0.0664. The Kier molecular flexibility index (Phi) is 7.28. The molecule has 6 nitrogen and oxygen atoms in total. The van der Waals surface area contributed by atoms with E-state index < -0.39 is 23.6 Å². The lowest BCUT2D eigenvalue weighted by molar-refractivity contribution is -0.688. The largest absolute Gasteiger partial charge is 0.475 e. The molecule has 0 aliphatic carbocycles. The van der Waals surface area contributed by atoms with Crippen LogP contribution in [0.1, 0.15) is 43.4 Å². The van der Waals surface area contributed by atoms with E-state index in [2.05, 4.69) is 10.3 Å². The first kappa shape index (κ1) is 25.2. The van der Waals surface area contributed by atoms with E-state index in [1.54, 1.807) is 26.8 Å². The summed E-state index contributed by atoms with van der Waals surface area (Å²) < 4.78 is 55.8. The monoisotopic (exact) mass is 498 g/mol. The van der Waals surface area contributed by atoms with Crippen LogP contribution in [-0.4, -0.2) is 23.7 Å². The molecule has 2 aromatic heterocycles. The number of ether oxygens (including phenoxy) is 2. The Bertz CT molecular complexity index is 1270. The van der Waals surface area contributed by atoms with Gasteiger partial charge < -0.3 is 14.8 Å². The number of aromatic nitrogens is 2. The summed E-state index contributed by atoms with van der Waals surface area (Å²) in [6.45, 7) is 5.53. The molecule has 0 fully saturated rings. The van der Waals surface area contributed by atoms with E-state index >= 15 is 0 Å². The van der Waals surface area contributed by atoms with Crippen LogP contribution in [0.15, 0.2) is 78.4 Å². The summed E-state index contributed by atoms with van der Waals surface area (Å²) in [5, 5.41) is 3.26. The highest BCUT2D eigenvalue weighted by molar-refractivity contribution is 5.95. The van der Waals surface area contributed by atoms with Crippen LogP contribution >= 0.6 is 0 Å². The quantitative estimate of drug-likeness (QED) is 0.356. The van der Waals surface area contributed by atoms with Gasteiger partial charge in [-0.2, -0.15) is 17.7 Å². The maximum Gasteiger partial charge on any atom is 0.416 e. The Balaban J connectivity index is 2.03. The van der Waals surface area contributed by atoms with Crippen LogP contribution in [0.2, 0.25) is 0 Å². The standard InChI is InChI=1S/C27H26F3N3O3/c1-4-35-26(34)24-21(16-33-14-8-5-9-15-33)32-20-12-13-31-25(36-17(2)3)23(20)22(24)18-10-6-7-11-19(18)27(28,29)30/h5-15,17,22H,4,16H2,1-3H3/p+1. The van der Waals surface area contributed by atoms with Crippen molar-refractivity contribution < 1.29 is 32.0 Å². The maximum absolute atomic E-state index is 14.2. The van der Waals surface area contributed by atoms with Crippen molar-refractivity contribution in [2.24, 2.45) is 0 Å². The van der Waals surface area contributed by atoms with E-state index in [-0.39, 0.29) is 36.3 Å². The second kappa shape index (κ2) is 10.4. The van der Waals surface area contributed by atoms with Gasteiger partial charge in [0.1, 0.15) is 0 Å². The lowest BCUT2D eigenvalue weighted by Gasteiger charge is -2.32. The third-order valence-electron chi connectivity index (χ3n) is 5.68. The van der Waals surface area contributed by atoms with Gasteiger partial charge in [0, 0.05) is 29.6 Å². The smallest absolute Gasteiger partial charge is 0.416 e. The topological polar surface area (TPSA) is 64.3 Å². The van der Waals surface area contributed by atoms with Crippen LogP contribution in [0.3, 0.4) is 0 Å². The van der Waals surface area contributed by atoms with E-state index in [1.165, 1.54) is 24.4 Å². The Morgan fingerprint density at radius 1 is 1.11 bits per heavy atom. The summed E-state index contributed by atoms with van der Waals surface area (Å²) in [6, 6.07) is 12.4. The molecule has 9 heteroatoms. The molecule has 1 aliphatic heterocycles. The zero-order valence-corrected chi connectivity index (χ0v) is 20.2. The number of allylic oxidation sites excluding steroid dienone is 1. The van der Waals surface area contributed by atoms with Gasteiger partial charge >= 0.3 is 12.1 Å². The van der Waals surface area contributed by atoms with Gasteiger partial charge in [0.05, 0.1) is 35.5 Å². The van der Waals surface area contributed by atoms with Crippen molar-refractivity contribution in [2.45, 2.75) is 45.5 Å². The van der Waals surface area contributed by atoms with E-state index in [4.69, 9.17) is 9.47 Å². The van der Waals surface area contributed by atoms with Crippen molar-refractivity contribution in [2.75, 3.05) is 11.9 Å². The molecule has 1 unspecified atom stereocenters. The van der Waals surface area contributed by atoms with Crippen molar-refractivity contribution >= 4 is 11.7 Å². The van der Waals surface area contributed by atoms with Gasteiger partial charge in [0.15, 0.2) is 18.9 Å². The van der Waals surface area contributed by atoms with Crippen molar-refractivity contribution in [3.63, 3.8) is 0 Å². The van der Waals surface area contributed by atoms with Gasteiger partial charge in [-0.05, 0) is 38.5 Å². The molecule has 3 aromatic rings. The number of esters is 1. The summed E-state index contributed by atoms with van der Waals surface area (Å²) >= 11 is 0. The maximum atomic E-state index is 14.2. The first-order valence-electron chi connectivity index (χ1n) is 11.6. The van der Waals surface area contributed by atoms with Gasteiger partial charge in [0.25, 0.3) is 0 Å². The average Bonchev–Trinajstić information content (AvgIpc) is 2.83. The highest BCUT2D eigenvalue weighted by Gasteiger charge is 2.43. The van der Waals surface area contributed by atoms with Gasteiger partial charge in [-0.25, -0.2) is 9.78 Å². The molecule has 0 bridgehead atoms. The first-order chi connectivity index (χ1) is 17.2.